The van der Waals surface area contributed by atoms with Gasteiger partial charge in [0, 0.05) is 44.2 Å². The van der Waals surface area contributed by atoms with Crippen LogP contribution < -0.4 is 5.73 Å². The summed E-state index contributed by atoms with van der Waals surface area (Å²) in [6.45, 7) is 7.73. The Morgan fingerprint density at radius 3 is 2.62 bits per heavy atom. The fourth-order valence-electron chi connectivity index (χ4n) is 4.30. The molecule has 2 saturated heterocycles. The maximum atomic E-state index is 12.7. The first kappa shape index (κ1) is 15.3. The third-order valence-corrected chi connectivity index (χ3v) is 5.37. The van der Waals surface area contributed by atoms with E-state index in [1.54, 1.807) is 0 Å². The summed E-state index contributed by atoms with van der Waals surface area (Å²) in [5, 5.41) is 0. The SMILES string of the molecule is CC1CC(N)CC(C(=O)N2CCC(N3CCOCC3)C2)C1. The fourth-order valence-corrected chi connectivity index (χ4v) is 4.30. The summed E-state index contributed by atoms with van der Waals surface area (Å²) in [5.41, 5.74) is 6.10. The molecule has 2 heterocycles. The second-order valence-corrected chi connectivity index (χ2v) is 7.14. The number of morpholine rings is 1. The predicted molar refractivity (Wildman–Crippen MR) is 81.9 cm³/mol. The lowest BCUT2D eigenvalue weighted by molar-refractivity contribution is -0.136. The van der Waals surface area contributed by atoms with Crippen molar-refractivity contribution in [1.82, 2.24) is 9.80 Å². The highest BCUT2D eigenvalue weighted by atomic mass is 16.5. The van der Waals surface area contributed by atoms with Crippen molar-refractivity contribution >= 4 is 5.91 Å². The van der Waals surface area contributed by atoms with Gasteiger partial charge in [-0.2, -0.15) is 0 Å². The topological polar surface area (TPSA) is 58.8 Å². The maximum absolute atomic E-state index is 12.7. The first-order valence-electron chi connectivity index (χ1n) is 8.49. The molecule has 2 N–H and O–H groups in total. The van der Waals surface area contributed by atoms with Gasteiger partial charge in [-0.25, -0.2) is 0 Å². The van der Waals surface area contributed by atoms with Crippen molar-refractivity contribution in [3.63, 3.8) is 0 Å². The Morgan fingerprint density at radius 1 is 1.14 bits per heavy atom. The molecule has 21 heavy (non-hydrogen) atoms. The minimum atomic E-state index is 0.159. The van der Waals surface area contributed by atoms with Crippen molar-refractivity contribution < 1.29 is 9.53 Å². The molecule has 4 unspecified atom stereocenters. The molecule has 1 saturated carbocycles. The van der Waals surface area contributed by atoms with E-state index in [2.05, 4.69) is 16.7 Å². The number of nitrogens with zero attached hydrogens (tertiary/aromatic N) is 2. The largest absolute Gasteiger partial charge is 0.379 e. The molecule has 0 bridgehead atoms. The van der Waals surface area contributed by atoms with E-state index in [-0.39, 0.29) is 12.0 Å². The van der Waals surface area contributed by atoms with Crippen LogP contribution in [-0.2, 0) is 9.53 Å². The molecule has 1 amide bonds. The lowest BCUT2D eigenvalue weighted by Gasteiger charge is -2.34. The second kappa shape index (κ2) is 6.63. The van der Waals surface area contributed by atoms with E-state index in [9.17, 15) is 4.79 Å². The first-order valence-corrected chi connectivity index (χ1v) is 8.49. The molecule has 1 aliphatic carbocycles. The summed E-state index contributed by atoms with van der Waals surface area (Å²) < 4.78 is 5.42. The average Bonchev–Trinajstić information content (AvgIpc) is 2.96. The number of ether oxygens (including phenoxy) is 1. The highest BCUT2D eigenvalue weighted by Crippen LogP contribution is 2.30. The molecule has 0 spiro atoms. The molecule has 3 rings (SSSR count). The molecule has 5 nitrogen and oxygen atoms in total. The van der Waals surface area contributed by atoms with Crippen molar-refractivity contribution in [2.75, 3.05) is 39.4 Å². The van der Waals surface area contributed by atoms with Gasteiger partial charge in [0.2, 0.25) is 5.91 Å². The van der Waals surface area contributed by atoms with Crippen molar-refractivity contribution in [2.24, 2.45) is 17.6 Å². The zero-order chi connectivity index (χ0) is 14.8. The zero-order valence-electron chi connectivity index (χ0n) is 13.2. The number of carbonyl (C=O) groups is 1. The molecule has 2 aliphatic heterocycles. The highest BCUT2D eigenvalue weighted by molar-refractivity contribution is 5.79. The number of likely N-dealkylation sites (tertiary alicyclic amines) is 1. The Morgan fingerprint density at radius 2 is 1.90 bits per heavy atom. The lowest BCUT2D eigenvalue weighted by Crippen LogP contribution is -2.46. The quantitative estimate of drug-likeness (QED) is 0.814. The fraction of sp³-hybridized carbons (Fsp3) is 0.938. The van der Waals surface area contributed by atoms with E-state index in [4.69, 9.17) is 10.5 Å². The number of hydrogen-bond donors (Lipinski definition) is 1. The molecule has 0 radical (unpaired) electrons. The van der Waals surface area contributed by atoms with Crippen LogP contribution in [0.15, 0.2) is 0 Å². The van der Waals surface area contributed by atoms with E-state index in [0.29, 0.717) is 17.9 Å². The molecule has 0 aromatic rings. The predicted octanol–water partition coefficient (Wildman–Crippen LogP) is 0.683. The summed E-state index contributed by atoms with van der Waals surface area (Å²) in [4.78, 5) is 17.3. The smallest absolute Gasteiger partial charge is 0.225 e. The van der Waals surface area contributed by atoms with Crippen LogP contribution in [-0.4, -0.2) is 67.2 Å². The number of amides is 1. The van der Waals surface area contributed by atoms with Gasteiger partial charge in [-0.1, -0.05) is 6.92 Å². The Hall–Kier alpha value is -0.650. The van der Waals surface area contributed by atoms with Crippen molar-refractivity contribution in [3.8, 4) is 0 Å². The highest BCUT2D eigenvalue weighted by Gasteiger charge is 2.36. The second-order valence-electron chi connectivity index (χ2n) is 7.14. The number of rotatable bonds is 2. The minimum absolute atomic E-state index is 0.159. The molecule has 3 fully saturated rings. The maximum Gasteiger partial charge on any atom is 0.225 e. The molecule has 3 aliphatic rings. The van der Waals surface area contributed by atoms with Gasteiger partial charge < -0.3 is 15.4 Å². The molecule has 120 valence electrons. The van der Waals surface area contributed by atoms with Crippen LogP contribution in [0.25, 0.3) is 0 Å². The normalized spacial score (nSPS) is 38.7. The summed E-state index contributed by atoms with van der Waals surface area (Å²) in [6, 6.07) is 0.743. The first-order chi connectivity index (χ1) is 10.1. The lowest BCUT2D eigenvalue weighted by atomic mass is 9.79. The summed E-state index contributed by atoms with van der Waals surface area (Å²) in [5.74, 6) is 1.10. The average molecular weight is 295 g/mol. The van der Waals surface area contributed by atoms with E-state index < -0.39 is 0 Å². The molecule has 5 heteroatoms. The van der Waals surface area contributed by atoms with Crippen LogP contribution in [0, 0.1) is 11.8 Å². The third kappa shape index (κ3) is 3.58. The van der Waals surface area contributed by atoms with Gasteiger partial charge >= 0.3 is 0 Å². The minimum Gasteiger partial charge on any atom is -0.379 e. The van der Waals surface area contributed by atoms with Crippen molar-refractivity contribution in [2.45, 2.75) is 44.7 Å². The summed E-state index contributed by atoms with van der Waals surface area (Å²) in [7, 11) is 0. The Kier molecular flexibility index (Phi) is 4.82. The van der Waals surface area contributed by atoms with Gasteiger partial charge in [0.15, 0.2) is 0 Å². The van der Waals surface area contributed by atoms with E-state index in [0.717, 1.165) is 65.1 Å². The van der Waals surface area contributed by atoms with Gasteiger partial charge in [0.1, 0.15) is 0 Å². The van der Waals surface area contributed by atoms with Gasteiger partial charge in [0.25, 0.3) is 0 Å². The van der Waals surface area contributed by atoms with Gasteiger partial charge in [0.05, 0.1) is 13.2 Å². The van der Waals surface area contributed by atoms with E-state index in [1.165, 1.54) is 0 Å². The Balaban J connectivity index is 1.54. The summed E-state index contributed by atoms with van der Waals surface area (Å²) in [6.07, 6.45) is 4.08. The number of nitrogens with two attached hydrogens (primary N) is 1. The third-order valence-electron chi connectivity index (χ3n) is 5.37. The van der Waals surface area contributed by atoms with Crippen molar-refractivity contribution in [1.29, 1.82) is 0 Å². The van der Waals surface area contributed by atoms with Gasteiger partial charge in [-0.3, -0.25) is 9.69 Å². The molecule has 0 aromatic heterocycles. The van der Waals surface area contributed by atoms with Gasteiger partial charge in [-0.15, -0.1) is 0 Å². The van der Waals surface area contributed by atoms with E-state index in [1.807, 2.05) is 0 Å². The van der Waals surface area contributed by atoms with Crippen LogP contribution in [0.3, 0.4) is 0 Å². The molecular weight excluding hydrogens is 266 g/mol. The monoisotopic (exact) mass is 295 g/mol. The zero-order valence-corrected chi connectivity index (χ0v) is 13.2. The molecule has 0 aromatic carbocycles. The number of carbonyl (C=O) groups excluding carboxylic acids is 1. The molecular formula is C16H29N3O2. The van der Waals surface area contributed by atoms with Crippen molar-refractivity contribution in [3.05, 3.63) is 0 Å². The van der Waals surface area contributed by atoms with E-state index >= 15 is 0 Å². The molecule has 4 atom stereocenters. The Labute approximate surface area is 127 Å². The van der Waals surface area contributed by atoms with Crippen LogP contribution in [0.2, 0.25) is 0 Å². The standard InChI is InChI=1S/C16H29N3O2/c1-12-8-13(10-14(17)9-12)16(20)19-3-2-15(11-19)18-4-6-21-7-5-18/h12-15H,2-11,17H2,1H3. The summed E-state index contributed by atoms with van der Waals surface area (Å²) >= 11 is 0. The van der Waals surface area contributed by atoms with Crippen LogP contribution in [0.5, 0.6) is 0 Å². The van der Waals surface area contributed by atoms with Crippen LogP contribution >= 0.6 is 0 Å². The van der Waals surface area contributed by atoms with Crippen LogP contribution in [0.1, 0.15) is 32.6 Å². The number of hydrogen-bond acceptors (Lipinski definition) is 4. The van der Waals surface area contributed by atoms with Crippen LogP contribution in [0.4, 0.5) is 0 Å². The van der Waals surface area contributed by atoms with Gasteiger partial charge in [-0.05, 0) is 31.6 Å². The Bertz CT molecular complexity index is 361.